The molecule has 0 N–H and O–H groups in total. The molecule has 2 aromatic carbocycles. The van der Waals surface area contributed by atoms with Gasteiger partial charge in [0.05, 0.1) is 53.0 Å². The van der Waals surface area contributed by atoms with Crippen LogP contribution in [0.15, 0.2) is 93.8 Å². The van der Waals surface area contributed by atoms with Crippen molar-refractivity contribution in [1.82, 2.24) is 9.13 Å². The number of azo groups is 2. The number of hydrogen-bond acceptors (Lipinski definition) is 4. The molecule has 0 aliphatic carbocycles. The minimum atomic E-state index is 0.794. The maximum absolute atomic E-state index is 4.34. The van der Waals surface area contributed by atoms with Gasteiger partial charge < -0.3 is 0 Å². The largest absolute Gasteiger partial charge is 0.421 e. The van der Waals surface area contributed by atoms with Crippen LogP contribution in [0.2, 0.25) is 0 Å². The van der Waals surface area contributed by atoms with Gasteiger partial charge in [0, 0.05) is 10.2 Å². The van der Waals surface area contributed by atoms with E-state index in [-0.39, 0.29) is 0 Å². The predicted octanol–water partition coefficient (Wildman–Crippen LogP) is 4.43. The Labute approximate surface area is 181 Å². The smallest absolute Gasteiger partial charge is 0.233 e. The van der Waals surface area contributed by atoms with Crippen LogP contribution in [0.4, 0.5) is 23.3 Å². The highest BCUT2D eigenvalue weighted by Gasteiger charge is 2.11. The van der Waals surface area contributed by atoms with E-state index in [9.17, 15) is 0 Å². The van der Waals surface area contributed by atoms with Crippen molar-refractivity contribution in [2.45, 2.75) is 6.42 Å². The van der Waals surface area contributed by atoms with Crippen LogP contribution >= 0.6 is 0 Å². The van der Waals surface area contributed by atoms with Crippen molar-refractivity contribution in [2.24, 2.45) is 48.6 Å². The van der Waals surface area contributed by atoms with E-state index >= 15 is 0 Å². The van der Waals surface area contributed by atoms with Gasteiger partial charge in [-0.1, -0.05) is 34.5 Å². The van der Waals surface area contributed by atoms with Crippen molar-refractivity contribution in [3.05, 3.63) is 84.4 Å². The normalized spacial score (nSPS) is 11.7. The molecule has 4 aromatic rings. The summed E-state index contributed by atoms with van der Waals surface area (Å²) in [6.45, 7) is 0. The molecule has 156 valence electrons. The summed E-state index contributed by atoms with van der Waals surface area (Å²) in [5.74, 6) is 1.59. The average molecular weight is 415 g/mol. The fraction of sp³-hybridized carbons (Fsp3) is 0.217. The lowest BCUT2D eigenvalue weighted by atomic mass is 10.0. The zero-order valence-electron chi connectivity index (χ0n) is 18.2. The van der Waals surface area contributed by atoms with Gasteiger partial charge in [0.15, 0.2) is 0 Å². The molecular formula is C23H26N8+2. The molecule has 31 heavy (non-hydrogen) atoms. The third-order valence-corrected chi connectivity index (χ3v) is 5.08. The monoisotopic (exact) mass is 414 g/mol. The number of rotatable bonds is 6. The van der Waals surface area contributed by atoms with E-state index < -0.39 is 0 Å². The molecule has 0 saturated carbocycles. The molecule has 0 unspecified atom stereocenters. The molecule has 0 saturated heterocycles. The molecule has 0 aliphatic heterocycles. The van der Waals surface area contributed by atoms with Crippen molar-refractivity contribution in [1.29, 1.82) is 0 Å². The molecule has 0 spiro atoms. The summed E-state index contributed by atoms with van der Waals surface area (Å²) in [5, 5.41) is 17.4. The van der Waals surface area contributed by atoms with Crippen LogP contribution in [-0.4, -0.2) is 9.13 Å². The number of imidazole rings is 2. The summed E-state index contributed by atoms with van der Waals surface area (Å²) in [6, 6.07) is 16.3. The molecule has 2 aromatic heterocycles. The van der Waals surface area contributed by atoms with Gasteiger partial charge in [0.2, 0.25) is 0 Å². The first-order chi connectivity index (χ1) is 15.0. The first-order valence-corrected chi connectivity index (χ1v) is 10.0. The predicted molar refractivity (Wildman–Crippen MR) is 117 cm³/mol. The Hall–Kier alpha value is -3.94. The molecule has 0 atom stereocenters. The highest BCUT2D eigenvalue weighted by atomic mass is 15.3. The van der Waals surface area contributed by atoms with Crippen LogP contribution in [0.1, 0.15) is 11.1 Å². The van der Waals surface area contributed by atoms with Gasteiger partial charge in [-0.3, -0.25) is 0 Å². The van der Waals surface area contributed by atoms with Gasteiger partial charge in [0.25, 0.3) is 0 Å². The maximum atomic E-state index is 4.34. The van der Waals surface area contributed by atoms with Crippen LogP contribution in [0.25, 0.3) is 0 Å². The highest BCUT2D eigenvalue weighted by molar-refractivity contribution is 5.42. The lowest BCUT2D eigenvalue weighted by Gasteiger charge is -2.02. The standard InChI is InChI=1S/C23H26N8/c1-28-13-14-29(2)22(28)26-24-20-9-5-18(6-10-20)17-19-7-11-21(12-8-19)25-27-23-30(3)15-16-31(23)4/h5-16H,17H2,1-4H3/q+2. The first-order valence-electron chi connectivity index (χ1n) is 10.0. The van der Waals surface area contributed by atoms with Crippen molar-refractivity contribution >= 4 is 23.3 Å². The van der Waals surface area contributed by atoms with Crippen molar-refractivity contribution in [2.75, 3.05) is 0 Å². The second-order valence-electron chi connectivity index (χ2n) is 7.55. The molecule has 8 heteroatoms. The van der Waals surface area contributed by atoms with E-state index in [1.165, 1.54) is 11.1 Å². The van der Waals surface area contributed by atoms with Gasteiger partial charge in [-0.2, -0.15) is 0 Å². The summed E-state index contributed by atoms with van der Waals surface area (Å²) in [6.07, 6.45) is 8.64. The molecule has 8 nitrogen and oxygen atoms in total. The zero-order chi connectivity index (χ0) is 21.8. The van der Waals surface area contributed by atoms with E-state index in [2.05, 4.69) is 44.7 Å². The van der Waals surface area contributed by atoms with Gasteiger partial charge in [-0.15, -0.1) is 0 Å². The fourth-order valence-electron chi connectivity index (χ4n) is 3.25. The van der Waals surface area contributed by atoms with Gasteiger partial charge in [-0.05, 0) is 41.8 Å². The van der Waals surface area contributed by atoms with Crippen LogP contribution in [0.3, 0.4) is 0 Å². The number of hydrogen-bond donors (Lipinski definition) is 0. The summed E-state index contributed by atoms with van der Waals surface area (Å²) in [5.41, 5.74) is 4.09. The van der Waals surface area contributed by atoms with Gasteiger partial charge >= 0.3 is 11.9 Å². The van der Waals surface area contributed by atoms with Crippen molar-refractivity contribution in [3.63, 3.8) is 0 Å². The molecule has 0 aliphatic rings. The molecule has 4 rings (SSSR count). The zero-order valence-corrected chi connectivity index (χ0v) is 18.2. The average Bonchev–Trinajstić information content (AvgIpc) is 3.27. The maximum Gasteiger partial charge on any atom is 0.421 e. The third kappa shape index (κ3) is 4.80. The summed E-state index contributed by atoms with van der Waals surface area (Å²) < 4.78 is 7.73. The quantitative estimate of drug-likeness (QED) is 0.331. The van der Waals surface area contributed by atoms with E-state index in [1.54, 1.807) is 0 Å². The van der Waals surface area contributed by atoms with Crippen LogP contribution in [0, 0.1) is 0 Å². The number of nitrogens with zero attached hydrogens (tertiary/aromatic N) is 8. The Kier molecular flexibility index (Phi) is 5.79. The molecule has 2 heterocycles. The number of benzene rings is 2. The Balaban J connectivity index is 1.39. The highest BCUT2D eigenvalue weighted by Crippen LogP contribution is 2.20. The third-order valence-electron chi connectivity index (χ3n) is 5.08. The molecule has 0 amide bonds. The Morgan fingerprint density at radius 2 is 1.00 bits per heavy atom. The minimum absolute atomic E-state index is 0.794. The molecule has 0 radical (unpaired) electrons. The minimum Gasteiger partial charge on any atom is -0.233 e. The molecular weight excluding hydrogens is 388 g/mol. The number of aryl methyl sites for hydroxylation is 4. The second kappa shape index (κ2) is 8.83. The van der Waals surface area contributed by atoms with Gasteiger partial charge in [0.1, 0.15) is 11.4 Å². The van der Waals surface area contributed by atoms with Crippen molar-refractivity contribution < 1.29 is 9.13 Å². The van der Waals surface area contributed by atoms with Crippen LogP contribution in [-0.2, 0) is 34.6 Å². The summed E-state index contributed by atoms with van der Waals surface area (Å²) >= 11 is 0. The van der Waals surface area contributed by atoms with E-state index in [1.807, 2.05) is 95.5 Å². The van der Waals surface area contributed by atoms with Crippen molar-refractivity contribution in [3.8, 4) is 0 Å². The van der Waals surface area contributed by atoms with E-state index in [4.69, 9.17) is 0 Å². The lowest BCUT2D eigenvalue weighted by molar-refractivity contribution is -0.657. The fourth-order valence-corrected chi connectivity index (χ4v) is 3.25. The number of aromatic nitrogens is 4. The SMILES string of the molecule is Cn1cc[n+](C)c1N=Nc1ccc(Cc2ccc(N=Nc3n(C)cc[n+]3C)cc2)cc1. The van der Waals surface area contributed by atoms with Gasteiger partial charge in [-0.25, -0.2) is 18.3 Å². The summed E-state index contributed by atoms with van der Waals surface area (Å²) in [7, 11) is 7.80. The lowest BCUT2D eigenvalue weighted by Crippen LogP contribution is -2.25. The van der Waals surface area contributed by atoms with E-state index in [0.29, 0.717) is 0 Å². The van der Waals surface area contributed by atoms with Crippen LogP contribution in [0.5, 0.6) is 0 Å². The molecule has 0 fully saturated rings. The Morgan fingerprint density at radius 1 is 0.613 bits per heavy atom. The Bertz CT molecular complexity index is 1090. The van der Waals surface area contributed by atoms with Crippen LogP contribution < -0.4 is 9.13 Å². The topological polar surface area (TPSA) is 67.1 Å². The molecule has 0 bridgehead atoms. The second-order valence-corrected chi connectivity index (χ2v) is 7.55. The van der Waals surface area contributed by atoms with E-state index in [0.717, 1.165) is 29.7 Å². The summed E-state index contributed by atoms with van der Waals surface area (Å²) in [4.78, 5) is 0. The first kappa shape index (κ1) is 20.3. The Morgan fingerprint density at radius 3 is 1.32 bits per heavy atom.